The number of aryl methyl sites for hydroxylation is 1. The maximum absolute atomic E-state index is 10.3. The summed E-state index contributed by atoms with van der Waals surface area (Å²) >= 11 is 0. The van der Waals surface area contributed by atoms with Crippen molar-refractivity contribution in [2.75, 3.05) is 0 Å². The minimum atomic E-state index is 0.00871. The molecule has 2 aromatic rings. The molecule has 5 nitrogen and oxygen atoms in total. The Kier molecular flexibility index (Phi) is 3.64. The average molecular weight is 280 g/mol. The van der Waals surface area contributed by atoms with Crippen molar-refractivity contribution in [1.82, 2.24) is 9.78 Å². The van der Waals surface area contributed by atoms with E-state index in [1.807, 2.05) is 49.4 Å². The molecule has 1 aliphatic rings. The number of aromatic hydroxyl groups is 1. The summed E-state index contributed by atoms with van der Waals surface area (Å²) in [7, 11) is 0. The molecule has 0 bridgehead atoms. The Morgan fingerprint density at radius 3 is 2.71 bits per heavy atom. The van der Waals surface area contributed by atoms with E-state index < -0.39 is 0 Å². The molecule has 1 aromatic heterocycles. The van der Waals surface area contributed by atoms with Crippen LogP contribution in [0.15, 0.2) is 64.5 Å². The van der Waals surface area contributed by atoms with E-state index in [1.54, 1.807) is 0 Å². The molecule has 0 saturated carbocycles. The molecule has 0 unspecified atom stereocenters. The normalized spacial score (nSPS) is 14.6. The zero-order chi connectivity index (χ0) is 14.7. The molecule has 106 valence electrons. The summed E-state index contributed by atoms with van der Waals surface area (Å²) in [5, 5.41) is 23.0. The molecular formula is C16H16N4O. The Morgan fingerprint density at radius 1 is 1.19 bits per heavy atom. The number of allylic oxidation sites excluding steroid dienone is 4. The summed E-state index contributed by atoms with van der Waals surface area (Å²) in [5.41, 5.74) is 2.75. The lowest BCUT2D eigenvalue weighted by Crippen LogP contribution is -1.94. The van der Waals surface area contributed by atoms with Crippen molar-refractivity contribution in [2.24, 2.45) is 10.2 Å². The number of nitrogens with zero attached hydrogens (tertiary/aromatic N) is 4. The molecule has 1 N–H and O–H groups in total. The topological polar surface area (TPSA) is 62.8 Å². The van der Waals surface area contributed by atoms with Crippen molar-refractivity contribution >= 4 is 5.69 Å². The van der Waals surface area contributed by atoms with Gasteiger partial charge in [-0.15, -0.1) is 5.11 Å². The second-order valence-electron chi connectivity index (χ2n) is 4.83. The van der Waals surface area contributed by atoms with E-state index in [1.165, 1.54) is 4.68 Å². The van der Waals surface area contributed by atoms with Gasteiger partial charge in [0.1, 0.15) is 0 Å². The van der Waals surface area contributed by atoms with Crippen LogP contribution in [-0.4, -0.2) is 14.9 Å². The van der Waals surface area contributed by atoms with Gasteiger partial charge >= 0.3 is 0 Å². The Hall–Kier alpha value is -2.69. The Labute approximate surface area is 123 Å². The predicted octanol–water partition coefficient (Wildman–Crippen LogP) is 4.20. The number of aromatic nitrogens is 2. The van der Waals surface area contributed by atoms with Gasteiger partial charge in [-0.25, -0.2) is 0 Å². The Balaban J connectivity index is 1.93. The Morgan fingerprint density at radius 2 is 2.00 bits per heavy atom. The van der Waals surface area contributed by atoms with Gasteiger partial charge in [0.15, 0.2) is 5.69 Å². The second-order valence-corrected chi connectivity index (χ2v) is 4.83. The van der Waals surface area contributed by atoms with Crippen LogP contribution in [-0.2, 0) is 0 Å². The number of rotatable bonds is 3. The first-order chi connectivity index (χ1) is 10.3. The summed E-state index contributed by atoms with van der Waals surface area (Å²) in [4.78, 5) is 0. The third kappa shape index (κ3) is 2.76. The molecule has 0 amide bonds. The maximum atomic E-state index is 10.3. The van der Waals surface area contributed by atoms with Gasteiger partial charge in [-0.05, 0) is 38.0 Å². The van der Waals surface area contributed by atoms with Crippen LogP contribution in [0.2, 0.25) is 0 Å². The smallest absolute Gasteiger partial charge is 0.243 e. The van der Waals surface area contributed by atoms with Crippen molar-refractivity contribution in [3.63, 3.8) is 0 Å². The monoisotopic (exact) mass is 280 g/mol. The molecular weight excluding hydrogens is 264 g/mol. The summed E-state index contributed by atoms with van der Waals surface area (Å²) in [6, 6.07) is 9.46. The lowest BCUT2D eigenvalue weighted by atomic mass is 10.1. The van der Waals surface area contributed by atoms with Crippen LogP contribution in [0, 0.1) is 6.92 Å². The summed E-state index contributed by atoms with van der Waals surface area (Å²) in [5.74, 6) is 0.00871. The lowest BCUT2D eigenvalue weighted by Gasteiger charge is -2.02. The lowest BCUT2D eigenvalue weighted by molar-refractivity contribution is 0.434. The minimum absolute atomic E-state index is 0.00871. The largest absolute Gasteiger partial charge is 0.492 e. The van der Waals surface area contributed by atoms with Gasteiger partial charge in [-0.1, -0.05) is 30.4 Å². The van der Waals surface area contributed by atoms with Crippen LogP contribution in [0.5, 0.6) is 5.88 Å². The van der Waals surface area contributed by atoms with E-state index in [9.17, 15) is 5.11 Å². The highest BCUT2D eigenvalue weighted by molar-refractivity contribution is 5.54. The van der Waals surface area contributed by atoms with E-state index >= 15 is 0 Å². The van der Waals surface area contributed by atoms with Gasteiger partial charge in [-0.2, -0.15) is 14.9 Å². The number of benzene rings is 1. The molecule has 1 aromatic carbocycles. The molecule has 0 atom stereocenters. The number of hydrogen-bond donors (Lipinski definition) is 1. The fraction of sp³-hybridized carbons (Fsp3) is 0.188. The molecule has 0 fully saturated rings. The minimum Gasteiger partial charge on any atom is -0.492 e. The van der Waals surface area contributed by atoms with Crippen molar-refractivity contribution in [1.29, 1.82) is 0 Å². The number of hydrogen-bond acceptors (Lipinski definition) is 4. The highest BCUT2D eigenvalue weighted by Gasteiger charge is 2.15. The van der Waals surface area contributed by atoms with Gasteiger partial charge in [0.2, 0.25) is 5.88 Å². The van der Waals surface area contributed by atoms with Gasteiger partial charge in [0.05, 0.1) is 17.1 Å². The molecule has 1 heterocycles. The number of azo groups is 1. The SMILES string of the molecule is Cc1nn(-c2ccccc2)c(O)c1N=NC1=CC=CCC1. The maximum Gasteiger partial charge on any atom is 0.243 e. The van der Waals surface area contributed by atoms with Crippen LogP contribution < -0.4 is 0 Å². The summed E-state index contributed by atoms with van der Waals surface area (Å²) < 4.78 is 1.47. The van der Waals surface area contributed by atoms with Gasteiger partial charge in [-0.3, -0.25) is 0 Å². The summed E-state index contributed by atoms with van der Waals surface area (Å²) in [6.07, 6.45) is 7.83. The first kappa shape index (κ1) is 13.3. The first-order valence-electron chi connectivity index (χ1n) is 6.87. The zero-order valence-electron chi connectivity index (χ0n) is 11.8. The Bertz CT molecular complexity index is 726. The van der Waals surface area contributed by atoms with Gasteiger partial charge < -0.3 is 5.11 Å². The van der Waals surface area contributed by atoms with Crippen LogP contribution >= 0.6 is 0 Å². The molecule has 0 radical (unpaired) electrons. The third-order valence-corrected chi connectivity index (χ3v) is 3.28. The molecule has 0 spiro atoms. The van der Waals surface area contributed by atoms with Crippen molar-refractivity contribution in [3.8, 4) is 11.6 Å². The third-order valence-electron chi connectivity index (χ3n) is 3.28. The fourth-order valence-electron chi connectivity index (χ4n) is 2.16. The summed E-state index contributed by atoms with van der Waals surface area (Å²) in [6.45, 7) is 1.81. The van der Waals surface area contributed by atoms with E-state index in [0.717, 1.165) is 24.2 Å². The van der Waals surface area contributed by atoms with E-state index in [2.05, 4.69) is 21.4 Å². The first-order valence-corrected chi connectivity index (χ1v) is 6.87. The van der Waals surface area contributed by atoms with Crippen molar-refractivity contribution in [2.45, 2.75) is 19.8 Å². The standard InChI is InChI=1S/C16H16N4O/c1-12-15(18-17-13-8-4-2-5-9-13)16(21)20(19-12)14-10-6-3-7-11-14/h2-4,6-8,10-11,21H,5,9H2,1H3. The quantitative estimate of drug-likeness (QED) is 0.856. The predicted molar refractivity (Wildman–Crippen MR) is 80.9 cm³/mol. The highest BCUT2D eigenvalue weighted by atomic mass is 16.3. The molecule has 0 aliphatic heterocycles. The second kappa shape index (κ2) is 5.75. The molecule has 0 saturated heterocycles. The van der Waals surface area contributed by atoms with Crippen LogP contribution in [0.25, 0.3) is 5.69 Å². The zero-order valence-corrected chi connectivity index (χ0v) is 11.8. The van der Waals surface area contributed by atoms with Crippen molar-refractivity contribution in [3.05, 3.63) is 60.0 Å². The average Bonchev–Trinajstić information content (AvgIpc) is 2.82. The highest BCUT2D eigenvalue weighted by Crippen LogP contribution is 2.33. The van der Waals surface area contributed by atoms with Crippen LogP contribution in [0.3, 0.4) is 0 Å². The molecule has 1 aliphatic carbocycles. The molecule has 5 heteroatoms. The van der Waals surface area contributed by atoms with E-state index in [4.69, 9.17) is 0 Å². The van der Waals surface area contributed by atoms with Crippen LogP contribution in [0.4, 0.5) is 5.69 Å². The van der Waals surface area contributed by atoms with E-state index in [0.29, 0.717) is 11.4 Å². The van der Waals surface area contributed by atoms with Gasteiger partial charge in [0, 0.05) is 0 Å². The molecule has 21 heavy (non-hydrogen) atoms. The van der Waals surface area contributed by atoms with Gasteiger partial charge in [0.25, 0.3) is 0 Å². The molecule has 3 rings (SSSR count). The van der Waals surface area contributed by atoms with E-state index in [-0.39, 0.29) is 5.88 Å². The van der Waals surface area contributed by atoms with Crippen molar-refractivity contribution < 1.29 is 5.11 Å². The number of para-hydroxylation sites is 1. The van der Waals surface area contributed by atoms with Crippen LogP contribution in [0.1, 0.15) is 18.5 Å². The fourth-order valence-corrected chi connectivity index (χ4v) is 2.16.